The highest BCUT2D eigenvalue weighted by Crippen LogP contribution is 2.11. The first-order chi connectivity index (χ1) is 10.9. The predicted octanol–water partition coefficient (Wildman–Crippen LogP) is 4.24. The molecule has 0 saturated heterocycles. The molecule has 1 aromatic carbocycles. The van der Waals surface area contributed by atoms with Crippen LogP contribution >= 0.6 is 0 Å². The van der Waals surface area contributed by atoms with Crippen LogP contribution in [0, 0.1) is 13.8 Å². The maximum absolute atomic E-state index is 12.3. The normalized spacial score (nSPS) is 12.0. The molecule has 0 spiro atoms. The summed E-state index contributed by atoms with van der Waals surface area (Å²) in [6.45, 7) is 6.02. The summed E-state index contributed by atoms with van der Waals surface area (Å²) in [5.74, 6) is -1.27. The second-order valence-corrected chi connectivity index (χ2v) is 6.30. The molecule has 0 aromatic heterocycles. The average Bonchev–Trinajstić information content (AvgIpc) is 2.48. The SMILES string of the molecule is CCCCCCCC[C@@H](NC(=O)c1cc(C)cc(C)c1)C(=O)O. The van der Waals surface area contributed by atoms with Gasteiger partial charge in [-0.2, -0.15) is 0 Å². The van der Waals surface area contributed by atoms with E-state index in [9.17, 15) is 14.7 Å². The minimum Gasteiger partial charge on any atom is -0.480 e. The van der Waals surface area contributed by atoms with Gasteiger partial charge in [0.25, 0.3) is 5.91 Å². The molecule has 4 heteroatoms. The summed E-state index contributed by atoms with van der Waals surface area (Å²) in [4.78, 5) is 23.6. The molecule has 0 unspecified atom stereocenters. The van der Waals surface area contributed by atoms with Crippen LogP contribution in [0.1, 0.15) is 73.4 Å². The van der Waals surface area contributed by atoms with Gasteiger partial charge in [0.2, 0.25) is 0 Å². The van der Waals surface area contributed by atoms with Gasteiger partial charge in [-0.25, -0.2) is 4.79 Å². The van der Waals surface area contributed by atoms with Crippen LogP contribution in [-0.4, -0.2) is 23.0 Å². The van der Waals surface area contributed by atoms with Gasteiger partial charge in [-0.1, -0.05) is 62.6 Å². The predicted molar refractivity (Wildman–Crippen MR) is 92.8 cm³/mol. The molecule has 0 saturated carbocycles. The van der Waals surface area contributed by atoms with Crippen LogP contribution < -0.4 is 5.32 Å². The van der Waals surface area contributed by atoms with Crippen molar-refractivity contribution in [3.05, 3.63) is 34.9 Å². The third-order valence-electron chi connectivity index (χ3n) is 3.93. The third-order valence-corrected chi connectivity index (χ3v) is 3.93. The van der Waals surface area contributed by atoms with Gasteiger partial charge in [-0.3, -0.25) is 4.79 Å². The molecule has 0 bridgehead atoms. The minimum absolute atomic E-state index is 0.310. The monoisotopic (exact) mass is 319 g/mol. The second kappa shape index (κ2) is 10.0. The van der Waals surface area contributed by atoms with Crippen LogP contribution in [0.3, 0.4) is 0 Å². The van der Waals surface area contributed by atoms with E-state index in [1.807, 2.05) is 19.9 Å². The first kappa shape index (κ1) is 19.2. The summed E-state index contributed by atoms with van der Waals surface area (Å²) >= 11 is 0. The Bertz CT molecular complexity index is 505. The van der Waals surface area contributed by atoms with Crippen molar-refractivity contribution in [1.29, 1.82) is 0 Å². The number of amides is 1. The summed E-state index contributed by atoms with van der Waals surface area (Å²) in [7, 11) is 0. The topological polar surface area (TPSA) is 66.4 Å². The molecule has 0 aliphatic carbocycles. The van der Waals surface area contributed by atoms with Crippen LogP contribution in [0.4, 0.5) is 0 Å². The highest BCUT2D eigenvalue weighted by atomic mass is 16.4. The van der Waals surface area contributed by atoms with Crippen molar-refractivity contribution in [2.45, 2.75) is 71.8 Å². The number of rotatable bonds is 10. The molecule has 4 nitrogen and oxygen atoms in total. The lowest BCUT2D eigenvalue weighted by Gasteiger charge is -2.15. The maximum Gasteiger partial charge on any atom is 0.326 e. The number of nitrogens with one attached hydrogen (secondary N) is 1. The van der Waals surface area contributed by atoms with Crippen molar-refractivity contribution < 1.29 is 14.7 Å². The summed E-state index contributed by atoms with van der Waals surface area (Å²) in [5, 5.41) is 12.0. The number of aliphatic carboxylic acids is 1. The summed E-state index contributed by atoms with van der Waals surface area (Å²) in [6.07, 6.45) is 7.08. The van der Waals surface area contributed by atoms with E-state index in [0.29, 0.717) is 12.0 Å². The maximum atomic E-state index is 12.3. The van der Waals surface area contributed by atoms with E-state index < -0.39 is 12.0 Å². The van der Waals surface area contributed by atoms with Gasteiger partial charge in [-0.05, 0) is 32.4 Å². The van der Waals surface area contributed by atoms with E-state index in [2.05, 4.69) is 12.2 Å². The Labute approximate surface area is 139 Å². The number of aryl methyl sites for hydroxylation is 2. The summed E-state index contributed by atoms with van der Waals surface area (Å²) < 4.78 is 0. The smallest absolute Gasteiger partial charge is 0.326 e. The first-order valence-electron chi connectivity index (χ1n) is 8.56. The van der Waals surface area contributed by atoms with E-state index in [4.69, 9.17) is 0 Å². The zero-order valence-corrected chi connectivity index (χ0v) is 14.5. The number of benzene rings is 1. The number of carbonyl (C=O) groups excluding carboxylic acids is 1. The molecule has 1 amide bonds. The number of unbranched alkanes of at least 4 members (excludes halogenated alkanes) is 5. The van der Waals surface area contributed by atoms with Gasteiger partial charge in [0.15, 0.2) is 0 Å². The van der Waals surface area contributed by atoms with Crippen molar-refractivity contribution in [2.75, 3.05) is 0 Å². The van der Waals surface area contributed by atoms with Crippen LogP contribution in [0.25, 0.3) is 0 Å². The van der Waals surface area contributed by atoms with Crippen molar-refractivity contribution in [1.82, 2.24) is 5.32 Å². The Kier molecular flexibility index (Phi) is 8.38. The molecule has 0 fully saturated rings. The van der Waals surface area contributed by atoms with Crippen LogP contribution in [-0.2, 0) is 4.79 Å². The Morgan fingerprint density at radius 3 is 2.13 bits per heavy atom. The lowest BCUT2D eigenvalue weighted by Crippen LogP contribution is -2.40. The van der Waals surface area contributed by atoms with Crippen molar-refractivity contribution in [3.63, 3.8) is 0 Å². The molecule has 128 valence electrons. The van der Waals surface area contributed by atoms with E-state index >= 15 is 0 Å². The Morgan fingerprint density at radius 2 is 1.57 bits per heavy atom. The van der Waals surface area contributed by atoms with Gasteiger partial charge in [0.1, 0.15) is 6.04 Å². The van der Waals surface area contributed by atoms with E-state index in [1.165, 1.54) is 19.3 Å². The summed E-state index contributed by atoms with van der Waals surface area (Å²) in [6, 6.07) is 4.74. The lowest BCUT2D eigenvalue weighted by molar-refractivity contribution is -0.139. The van der Waals surface area contributed by atoms with E-state index in [-0.39, 0.29) is 5.91 Å². The molecule has 1 atom stereocenters. The molecule has 0 aliphatic rings. The Hall–Kier alpha value is -1.84. The summed E-state index contributed by atoms with van der Waals surface area (Å²) in [5.41, 5.74) is 2.52. The van der Waals surface area contributed by atoms with Crippen molar-refractivity contribution in [3.8, 4) is 0 Å². The van der Waals surface area contributed by atoms with Gasteiger partial charge < -0.3 is 10.4 Å². The van der Waals surface area contributed by atoms with Gasteiger partial charge in [-0.15, -0.1) is 0 Å². The molecular formula is C19H29NO3. The van der Waals surface area contributed by atoms with Crippen LogP contribution in [0.2, 0.25) is 0 Å². The van der Waals surface area contributed by atoms with E-state index in [1.54, 1.807) is 12.1 Å². The molecule has 1 rings (SSSR count). The number of carboxylic acid groups (broad SMARTS) is 1. The van der Waals surface area contributed by atoms with Crippen molar-refractivity contribution >= 4 is 11.9 Å². The van der Waals surface area contributed by atoms with Crippen molar-refractivity contribution in [2.24, 2.45) is 0 Å². The first-order valence-corrected chi connectivity index (χ1v) is 8.56. The average molecular weight is 319 g/mol. The molecule has 1 aromatic rings. The molecule has 0 radical (unpaired) electrons. The van der Waals surface area contributed by atoms with Gasteiger partial charge in [0.05, 0.1) is 0 Å². The van der Waals surface area contributed by atoms with Crippen LogP contribution in [0.5, 0.6) is 0 Å². The standard InChI is InChI=1S/C19H29NO3/c1-4-5-6-7-8-9-10-17(19(22)23)20-18(21)16-12-14(2)11-15(3)13-16/h11-13,17H,4-10H2,1-3H3,(H,20,21)(H,22,23)/t17-/m1/s1. The largest absolute Gasteiger partial charge is 0.480 e. The lowest BCUT2D eigenvalue weighted by atomic mass is 10.0. The molecule has 0 aliphatic heterocycles. The number of carboxylic acids is 1. The molecule has 2 N–H and O–H groups in total. The Morgan fingerprint density at radius 1 is 1.00 bits per heavy atom. The number of carbonyl (C=O) groups is 2. The van der Waals surface area contributed by atoms with Gasteiger partial charge >= 0.3 is 5.97 Å². The van der Waals surface area contributed by atoms with E-state index in [0.717, 1.165) is 30.4 Å². The Balaban J connectivity index is 2.51. The number of hydrogen-bond acceptors (Lipinski definition) is 2. The highest BCUT2D eigenvalue weighted by molar-refractivity contribution is 5.96. The third kappa shape index (κ3) is 7.31. The second-order valence-electron chi connectivity index (χ2n) is 6.30. The molecular weight excluding hydrogens is 290 g/mol. The fourth-order valence-electron chi connectivity index (χ4n) is 2.73. The minimum atomic E-state index is -0.962. The highest BCUT2D eigenvalue weighted by Gasteiger charge is 2.20. The van der Waals surface area contributed by atoms with Gasteiger partial charge in [0, 0.05) is 5.56 Å². The fraction of sp³-hybridized carbons (Fsp3) is 0.579. The zero-order valence-electron chi connectivity index (χ0n) is 14.5. The zero-order chi connectivity index (χ0) is 17.2. The quantitative estimate of drug-likeness (QED) is 0.634. The van der Waals surface area contributed by atoms with Crippen LogP contribution in [0.15, 0.2) is 18.2 Å². The molecule has 0 heterocycles. The number of hydrogen-bond donors (Lipinski definition) is 2. The fourth-order valence-corrected chi connectivity index (χ4v) is 2.73. The molecule has 23 heavy (non-hydrogen) atoms.